The molecule has 1 aromatic carbocycles. The van der Waals surface area contributed by atoms with E-state index in [1.807, 2.05) is 29.6 Å². The predicted octanol–water partition coefficient (Wildman–Crippen LogP) is 2.29. The van der Waals surface area contributed by atoms with Crippen LogP contribution in [0.1, 0.15) is 12.5 Å². The molecule has 1 atom stereocenters. The maximum Gasteiger partial charge on any atom is 0.180 e. The first kappa shape index (κ1) is 13.0. The summed E-state index contributed by atoms with van der Waals surface area (Å²) in [5, 5.41) is 11.7. The van der Waals surface area contributed by atoms with E-state index >= 15 is 0 Å². The maximum atomic E-state index is 9.17. The molecule has 0 saturated heterocycles. The van der Waals surface area contributed by atoms with E-state index < -0.39 is 6.10 Å². The van der Waals surface area contributed by atoms with E-state index in [0.29, 0.717) is 18.3 Å². The van der Waals surface area contributed by atoms with Gasteiger partial charge in [0.05, 0.1) is 25.0 Å². The number of benzene rings is 1. The molecule has 1 heterocycles. The van der Waals surface area contributed by atoms with Crippen LogP contribution in [0.15, 0.2) is 29.6 Å². The molecule has 0 saturated carbocycles. The molecule has 2 rings (SSSR count). The highest BCUT2D eigenvalue weighted by atomic mass is 32.1. The van der Waals surface area contributed by atoms with Gasteiger partial charge in [-0.15, -0.1) is 11.3 Å². The quantitative estimate of drug-likeness (QED) is 0.869. The van der Waals surface area contributed by atoms with E-state index in [9.17, 15) is 0 Å². The summed E-state index contributed by atoms with van der Waals surface area (Å²) in [6.07, 6.45) is -0.452. The summed E-state index contributed by atoms with van der Waals surface area (Å²) in [6.45, 7) is 2.49. The van der Waals surface area contributed by atoms with E-state index in [1.165, 1.54) is 11.3 Å². The smallest absolute Gasteiger partial charge is 0.180 e. The van der Waals surface area contributed by atoms with Gasteiger partial charge in [0.2, 0.25) is 0 Å². The number of hydrogen-bond acceptors (Lipinski definition) is 5. The standard InChI is InChI=1S/C13H16N2O2S/c1-9(16)6-17-7-10-4-2-3-5-11(10)12-8-18-13(14)15-12/h2-5,8-9,16H,6-7H2,1H3,(H2,14,15)/t9-/m1/s1. The van der Waals surface area contributed by atoms with Gasteiger partial charge < -0.3 is 15.6 Å². The van der Waals surface area contributed by atoms with Gasteiger partial charge in [-0.05, 0) is 12.5 Å². The normalized spacial score (nSPS) is 12.6. The number of thiazole rings is 1. The summed E-state index contributed by atoms with van der Waals surface area (Å²) in [6, 6.07) is 7.91. The molecule has 0 unspecified atom stereocenters. The molecule has 4 nitrogen and oxygen atoms in total. The topological polar surface area (TPSA) is 68.4 Å². The predicted molar refractivity (Wildman–Crippen MR) is 73.3 cm³/mol. The van der Waals surface area contributed by atoms with Gasteiger partial charge >= 0.3 is 0 Å². The Labute approximate surface area is 110 Å². The fraction of sp³-hybridized carbons (Fsp3) is 0.308. The van der Waals surface area contributed by atoms with Crippen molar-refractivity contribution in [1.82, 2.24) is 4.98 Å². The number of aliphatic hydroxyl groups excluding tert-OH is 1. The first-order chi connectivity index (χ1) is 8.66. The molecule has 0 amide bonds. The monoisotopic (exact) mass is 264 g/mol. The van der Waals surface area contributed by atoms with Crippen molar-refractivity contribution < 1.29 is 9.84 Å². The van der Waals surface area contributed by atoms with Crippen molar-refractivity contribution in [3.63, 3.8) is 0 Å². The lowest BCUT2D eigenvalue weighted by Gasteiger charge is -2.09. The number of rotatable bonds is 5. The number of anilines is 1. The summed E-state index contributed by atoms with van der Waals surface area (Å²) < 4.78 is 5.44. The molecule has 5 heteroatoms. The van der Waals surface area contributed by atoms with E-state index in [1.54, 1.807) is 6.92 Å². The zero-order valence-corrected chi connectivity index (χ0v) is 11.0. The van der Waals surface area contributed by atoms with Crippen LogP contribution >= 0.6 is 11.3 Å². The molecule has 0 fully saturated rings. The Bertz CT molecular complexity index is 511. The molecular formula is C13H16N2O2S. The van der Waals surface area contributed by atoms with Crippen molar-refractivity contribution >= 4 is 16.5 Å². The highest BCUT2D eigenvalue weighted by Gasteiger charge is 2.08. The molecule has 0 aliphatic carbocycles. The molecule has 0 aliphatic heterocycles. The second-order valence-electron chi connectivity index (χ2n) is 4.09. The van der Waals surface area contributed by atoms with Crippen LogP contribution in [0.3, 0.4) is 0 Å². The van der Waals surface area contributed by atoms with Gasteiger partial charge in [-0.25, -0.2) is 4.98 Å². The minimum Gasteiger partial charge on any atom is -0.391 e. The van der Waals surface area contributed by atoms with Crippen molar-refractivity contribution in [2.45, 2.75) is 19.6 Å². The average Bonchev–Trinajstić information content (AvgIpc) is 2.76. The number of nitrogens with two attached hydrogens (primary N) is 1. The molecule has 3 N–H and O–H groups in total. The van der Waals surface area contributed by atoms with Crippen molar-refractivity contribution in [3.05, 3.63) is 35.2 Å². The van der Waals surface area contributed by atoms with E-state index in [-0.39, 0.29) is 0 Å². The SMILES string of the molecule is C[C@@H](O)COCc1ccccc1-c1csc(N)n1. The highest BCUT2D eigenvalue weighted by Crippen LogP contribution is 2.26. The Morgan fingerprint density at radius 1 is 1.44 bits per heavy atom. The van der Waals surface area contributed by atoms with E-state index in [4.69, 9.17) is 15.6 Å². The van der Waals surface area contributed by atoms with Gasteiger partial charge in [0.1, 0.15) is 0 Å². The average molecular weight is 264 g/mol. The number of aromatic nitrogens is 1. The van der Waals surface area contributed by atoms with Crippen LogP contribution in [-0.4, -0.2) is 22.8 Å². The Morgan fingerprint density at radius 3 is 2.89 bits per heavy atom. The molecule has 2 aromatic rings. The van der Waals surface area contributed by atoms with Crippen molar-refractivity contribution in [2.75, 3.05) is 12.3 Å². The summed E-state index contributed by atoms with van der Waals surface area (Å²) in [4.78, 5) is 4.28. The van der Waals surface area contributed by atoms with Gasteiger partial charge in [0.15, 0.2) is 5.13 Å². The lowest BCUT2D eigenvalue weighted by molar-refractivity contribution is 0.0377. The molecule has 18 heavy (non-hydrogen) atoms. The number of aliphatic hydroxyl groups is 1. The number of nitrogen functional groups attached to an aromatic ring is 1. The zero-order chi connectivity index (χ0) is 13.0. The van der Waals surface area contributed by atoms with Crippen molar-refractivity contribution in [2.24, 2.45) is 0 Å². The summed E-state index contributed by atoms with van der Waals surface area (Å²) >= 11 is 1.42. The molecule has 1 aromatic heterocycles. The third-order valence-electron chi connectivity index (χ3n) is 2.43. The fourth-order valence-electron chi connectivity index (χ4n) is 1.65. The van der Waals surface area contributed by atoms with Crippen LogP contribution in [0.2, 0.25) is 0 Å². The lowest BCUT2D eigenvalue weighted by Crippen LogP contribution is -2.10. The Kier molecular flexibility index (Phi) is 4.30. The summed E-state index contributed by atoms with van der Waals surface area (Å²) in [5.74, 6) is 0. The Balaban J connectivity index is 2.15. The molecule has 0 aliphatic rings. The van der Waals surface area contributed by atoms with Gasteiger partial charge in [0, 0.05) is 10.9 Å². The highest BCUT2D eigenvalue weighted by molar-refractivity contribution is 7.13. The maximum absolute atomic E-state index is 9.17. The van der Waals surface area contributed by atoms with Crippen LogP contribution in [0.4, 0.5) is 5.13 Å². The summed E-state index contributed by atoms with van der Waals surface area (Å²) in [5.41, 5.74) is 8.59. The Hall–Kier alpha value is -1.43. The van der Waals surface area contributed by atoms with Gasteiger partial charge in [-0.1, -0.05) is 24.3 Å². The van der Waals surface area contributed by atoms with Crippen LogP contribution in [0, 0.1) is 0 Å². The molecule has 0 bridgehead atoms. The first-order valence-electron chi connectivity index (χ1n) is 5.72. The second-order valence-corrected chi connectivity index (χ2v) is 4.98. The van der Waals surface area contributed by atoms with Gasteiger partial charge in [-0.3, -0.25) is 0 Å². The lowest BCUT2D eigenvalue weighted by atomic mass is 10.1. The third kappa shape index (κ3) is 3.29. The largest absolute Gasteiger partial charge is 0.391 e. The van der Waals surface area contributed by atoms with Crippen LogP contribution in [-0.2, 0) is 11.3 Å². The number of hydrogen-bond donors (Lipinski definition) is 2. The number of nitrogens with zero attached hydrogens (tertiary/aromatic N) is 1. The van der Waals surface area contributed by atoms with Crippen LogP contribution < -0.4 is 5.73 Å². The van der Waals surface area contributed by atoms with Crippen molar-refractivity contribution in [3.8, 4) is 11.3 Å². The zero-order valence-electron chi connectivity index (χ0n) is 10.2. The molecule has 0 spiro atoms. The molecule has 0 radical (unpaired) electrons. The molecule has 96 valence electrons. The van der Waals surface area contributed by atoms with Gasteiger partial charge in [0.25, 0.3) is 0 Å². The third-order valence-corrected chi connectivity index (χ3v) is 3.11. The van der Waals surface area contributed by atoms with E-state index in [2.05, 4.69) is 4.98 Å². The van der Waals surface area contributed by atoms with Gasteiger partial charge in [-0.2, -0.15) is 0 Å². The van der Waals surface area contributed by atoms with Crippen LogP contribution in [0.25, 0.3) is 11.3 Å². The van der Waals surface area contributed by atoms with E-state index in [0.717, 1.165) is 16.8 Å². The minimum absolute atomic E-state index is 0.327. The summed E-state index contributed by atoms with van der Waals surface area (Å²) in [7, 11) is 0. The van der Waals surface area contributed by atoms with Crippen LogP contribution in [0.5, 0.6) is 0 Å². The fourth-order valence-corrected chi connectivity index (χ4v) is 2.21. The first-order valence-corrected chi connectivity index (χ1v) is 6.60. The Morgan fingerprint density at radius 2 is 2.22 bits per heavy atom. The second kappa shape index (κ2) is 5.95. The van der Waals surface area contributed by atoms with Crippen molar-refractivity contribution in [1.29, 1.82) is 0 Å². The molecular weight excluding hydrogens is 248 g/mol. The minimum atomic E-state index is -0.452. The number of ether oxygens (including phenoxy) is 1.